The highest BCUT2D eigenvalue weighted by molar-refractivity contribution is 5.99. The van der Waals surface area contributed by atoms with E-state index in [0.29, 0.717) is 18.2 Å². The lowest BCUT2D eigenvalue weighted by Crippen LogP contribution is -2.42. The molecule has 35 heavy (non-hydrogen) atoms. The van der Waals surface area contributed by atoms with Crippen molar-refractivity contribution in [3.8, 4) is 0 Å². The first kappa shape index (κ1) is 24.6. The molecule has 4 N–H and O–H groups in total. The number of halogens is 1. The van der Waals surface area contributed by atoms with Gasteiger partial charge in [-0.2, -0.15) is 9.97 Å². The van der Waals surface area contributed by atoms with E-state index in [1.165, 1.54) is 23.6 Å². The molecule has 3 aromatic rings. The highest BCUT2D eigenvalue weighted by atomic mass is 19.1. The molecule has 0 saturated carbocycles. The van der Waals surface area contributed by atoms with Crippen molar-refractivity contribution in [3.05, 3.63) is 53.0 Å². The van der Waals surface area contributed by atoms with Gasteiger partial charge in [0, 0.05) is 29.4 Å². The van der Waals surface area contributed by atoms with Crippen molar-refractivity contribution >= 4 is 29.4 Å². The quantitative estimate of drug-likeness (QED) is 0.376. The Kier molecular flexibility index (Phi) is 6.75. The molecule has 9 nitrogen and oxygen atoms in total. The van der Waals surface area contributed by atoms with Crippen molar-refractivity contribution in [3.63, 3.8) is 0 Å². The summed E-state index contributed by atoms with van der Waals surface area (Å²) in [5, 5.41) is 12.5. The van der Waals surface area contributed by atoms with Gasteiger partial charge in [-0.05, 0) is 57.0 Å². The van der Waals surface area contributed by atoms with Crippen LogP contribution in [-0.4, -0.2) is 40.6 Å². The van der Waals surface area contributed by atoms with Crippen LogP contribution in [0.4, 0.5) is 27.9 Å². The van der Waals surface area contributed by atoms with E-state index in [-0.39, 0.29) is 28.8 Å². The number of fused-ring (bicyclic) bond motifs is 1. The molecule has 1 aromatic carbocycles. The summed E-state index contributed by atoms with van der Waals surface area (Å²) in [5.74, 6) is 0.202. The standard InChI is InChI=1S/C25H32FN7O2/c1-6-27-21(34)17-12-28-22(30-16-7-8-18-15(11-16)9-10-29-25(18,4)5)32-20(17)33-23-31-19(13-35-23)24(2,3)14-26/h7-8,11-13,29H,6,9-10,14H2,1-5H3,(H,27,34)(H2,28,30,31,32,33). The Morgan fingerprint density at radius 2 is 2.06 bits per heavy atom. The molecule has 186 valence electrons. The fraction of sp³-hybridized carbons (Fsp3) is 0.440. The summed E-state index contributed by atoms with van der Waals surface area (Å²) in [7, 11) is 0. The molecule has 0 bridgehead atoms. The van der Waals surface area contributed by atoms with Gasteiger partial charge in [-0.15, -0.1) is 0 Å². The average Bonchev–Trinajstić information content (AvgIpc) is 3.28. The number of alkyl halides is 1. The lowest BCUT2D eigenvalue weighted by atomic mass is 9.85. The highest BCUT2D eigenvalue weighted by Crippen LogP contribution is 2.31. The minimum absolute atomic E-state index is 0.0837. The van der Waals surface area contributed by atoms with Crippen molar-refractivity contribution in [1.82, 2.24) is 25.6 Å². The van der Waals surface area contributed by atoms with Gasteiger partial charge in [-0.25, -0.2) is 4.98 Å². The first-order valence-corrected chi connectivity index (χ1v) is 11.7. The number of aromatic nitrogens is 3. The van der Waals surface area contributed by atoms with E-state index in [9.17, 15) is 9.18 Å². The molecule has 0 saturated heterocycles. The molecule has 0 unspecified atom stereocenters. The van der Waals surface area contributed by atoms with E-state index in [1.54, 1.807) is 13.8 Å². The fourth-order valence-electron chi connectivity index (χ4n) is 3.99. The Morgan fingerprint density at radius 1 is 1.26 bits per heavy atom. The van der Waals surface area contributed by atoms with Gasteiger partial charge in [-0.3, -0.25) is 14.5 Å². The number of nitrogens with one attached hydrogen (secondary N) is 4. The first-order valence-electron chi connectivity index (χ1n) is 11.7. The van der Waals surface area contributed by atoms with Gasteiger partial charge in [0.2, 0.25) is 5.95 Å². The minimum atomic E-state index is -0.791. The molecule has 0 spiro atoms. The van der Waals surface area contributed by atoms with Crippen LogP contribution in [0.2, 0.25) is 0 Å². The van der Waals surface area contributed by atoms with E-state index >= 15 is 0 Å². The van der Waals surface area contributed by atoms with Crippen LogP contribution in [0, 0.1) is 0 Å². The predicted molar refractivity (Wildman–Crippen MR) is 133 cm³/mol. The maximum atomic E-state index is 13.4. The van der Waals surface area contributed by atoms with Crippen molar-refractivity contribution in [2.75, 3.05) is 30.4 Å². The zero-order valence-corrected chi connectivity index (χ0v) is 20.8. The van der Waals surface area contributed by atoms with Crippen molar-refractivity contribution in [1.29, 1.82) is 0 Å². The minimum Gasteiger partial charge on any atom is -0.432 e. The molecular formula is C25H32FN7O2. The molecule has 10 heteroatoms. The molecule has 3 heterocycles. The molecule has 0 fully saturated rings. The Labute approximate surface area is 204 Å². The van der Waals surface area contributed by atoms with Gasteiger partial charge in [-0.1, -0.05) is 19.9 Å². The van der Waals surface area contributed by atoms with Crippen LogP contribution in [-0.2, 0) is 17.4 Å². The molecule has 1 aliphatic rings. The maximum Gasteiger partial charge on any atom is 0.300 e. The number of hydrogen-bond donors (Lipinski definition) is 4. The second-order valence-corrected chi connectivity index (χ2v) is 9.79. The van der Waals surface area contributed by atoms with Crippen molar-refractivity contribution < 1.29 is 13.6 Å². The van der Waals surface area contributed by atoms with Crippen LogP contribution in [0.3, 0.4) is 0 Å². The second kappa shape index (κ2) is 9.61. The molecule has 0 aliphatic carbocycles. The van der Waals surface area contributed by atoms with Crippen LogP contribution >= 0.6 is 0 Å². The SMILES string of the molecule is CCNC(=O)c1cnc(Nc2ccc3c(c2)CCNC3(C)C)nc1Nc1nc(C(C)(C)CF)co1. The van der Waals surface area contributed by atoms with E-state index in [2.05, 4.69) is 62.2 Å². The molecule has 0 atom stereocenters. The maximum absolute atomic E-state index is 13.4. The number of anilines is 4. The van der Waals surface area contributed by atoms with Crippen molar-refractivity contribution in [2.45, 2.75) is 52.0 Å². The summed E-state index contributed by atoms with van der Waals surface area (Å²) in [6.45, 7) is 10.4. The molecule has 2 aromatic heterocycles. The van der Waals surface area contributed by atoms with Gasteiger partial charge in [0.05, 0.1) is 5.69 Å². The number of oxazole rings is 1. The van der Waals surface area contributed by atoms with E-state index in [0.717, 1.165) is 18.7 Å². The number of nitrogens with zero attached hydrogens (tertiary/aromatic N) is 3. The van der Waals surface area contributed by atoms with Crippen LogP contribution in [0.1, 0.15) is 61.8 Å². The number of rotatable bonds is 8. The van der Waals surface area contributed by atoms with Crippen LogP contribution in [0.15, 0.2) is 35.1 Å². The van der Waals surface area contributed by atoms with Crippen LogP contribution in [0.5, 0.6) is 0 Å². The smallest absolute Gasteiger partial charge is 0.300 e. The van der Waals surface area contributed by atoms with E-state index < -0.39 is 12.1 Å². The number of carbonyl (C=O) groups excluding carboxylic acids is 1. The Balaban J connectivity index is 1.62. The fourth-order valence-corrected chi connectivity index (χ4v) is 3.99. The zero-order valence-electron chi connectivity index (χ0n) is 20.8. The number of hydrogen-bond acceptors (Lipinski definition) is 8. The summed E-state index contributed by atoms with van der Waals surface area (Å²) in [6, 6.07) is 6.31. The monoisotopic (exact) mass is 481 g/mol. The second-order valence-electron chi connectivity index (χ2n) is 9.79. The lowest BCUT2D eigenvalue weighted by molar-refractivity contribution is 0.0956. The first-order chi connectivity index (χ1) is 16.6. The summed E-state index contributed by atoms with van der Waals surface area (Å²) in [6.07, 6.45) is 3.78. The third-order valence-electron chi connectivity index (χ3n) is 6.12. The topological polar surface area (TPSA) is 117 Å². The highest BCUT2D eigenvalue weighted by Gasteiger charge is 2.27. The van der Waals surface area contributed by atoms with Crippen molar-refractivity contribution in [2.24, 2.45) is 0 Å². The number of carbonyl (C=O) groups is 1. The molecule has 1 amide bonds. The molecule has 4 rings (SSSR count). The zero-order chi connectivity index (χ0) is 25.2. The largest absolute Gasteiger partial charge is 0.432 e. The number of amides is 1. The van der Waals surface area contributed by atoms with Gasteiger partial charge in [0.25, 0.3) is 5.91 Å². The normalized spacial score (nSPS) is 14.8. The van der Waals surface area contributed by atoms with E-state index in [4.69, 9.17) is 4.42 Å². The molecular weight excluding hydrogens is 449 g/mol. The third kappa shape index (κ3) is 5.27. The van der Waals surface area contributed by atoms with Gasteiger partial charge >= 0.3 is 6.01 Å². The Bertz CT molecular complexity index is 1220. The summed E-state index contributed by atoms with van der Waals surface area (Å²) in [5.41, 5.74) is 3.20. The summed E-state index contributed by atoms with van der Waals surface area (Å²) in [4.78, 5) is 25.8. The average molecular weight is 482 g/mol. The van der Waals surface area contributed by atoms with E-state index in [1.807, 2.05) is 13.0 Å². The summed E-state index contributed by atoms with van der Waals surface area (Å²) >= 11 is 0. The molecule has 0 radical (unpaired) electrons. The number of benzene rings is 1. The van der Waals surface area contributed by atoms with Gasteiger partial charge in [0.1, 0.15) is 18.5 Å². The predicted octanol–water partition coefficient (Wildman–Crippen LogP) is 4.33. The third-order valence-corrected chi connectivity index (χ3v) is 6.12. The Morgan fingerprint density at radius 3 is 2.80 bits per heavy atom. The van der Waals surface area contributed by atoms with Gasteiger partial charge in [0.15, 0.2) is 5.82 Å². The Hall–Kier alpha value is -3.53. The molecule has 1 aliphatic heterocycles. The van der Waals surface area contributed by atoms with Crippen LogP contribution < -0.4 is 21.3 Å². The van der Waals surface area contributed by atoms with Crippen LogP contribution in [0.25, 0.3) is 0 Å². The summed E-state index contributed by atoms with van der Waals surface area (Å²) < 4.78 is 18.9. The lowest BCUT2D eigenvalue weighted by Gasteiger charge is -2.34. The van der Waals surface area contributed by atoms with Gasteiger partial charge < -0.3 is 20.4 Å².